The van der Waals surface area contributed by atoms with E-state index in [0.29, 0.717) is 32.5 Å². The monoisotopic (exact) mass is 698 g/mol. The van der Waals surface area contributed by atoms with Crippen LogP contribution in [0.1, 0.15) is 16.7 Å². The van der Waals surface area contributed by atoms with Crippen LogP contribution in [-0.4, -0.2) is 11.1 Å². The van der Waals surface area contributed by atoms with Gasteiger partial charge in [0.25, 0.3) is 11.1 Å². The minimum absolute atomic E-state index is 0.202. The van der Waals surface area contributed by atoms with Crippen molar-refractivity contribution in [3.63, 3.8) is 0 Å². The molecule has 33 heavy (non-hydrogen) atoms. The third kappa shape index (κ3) is 5.37. The van der Waals surface area contributed by atoms with Crippen molar-refractivity contribution >= 4 is 91.5 Å². The van der Waals surface area contributed by atoms with E-state index in [1.54, 1.807) is 42.5 Å². The van der Waals surface area contributed by atoms with Gasteiger partial charge in [-0.1, -0.05) is 29.8 Å². The van der Waals surface area contributed by atoms with Crippen LogP contribution in [0, 0.1) is 18.5 Å². The predicted octanol–water partition coefficient (Wildman–Crippen LogP) is 7.24. The maximum atomic E-state index is 13.1. The summed E-state index contributed by atoms with van der Waals surface area (Å²) in [5.41, 5.74) is 2.46. The molecule has 4 rings (SSSR count). The van der Waals surface area contributed by atoms with Gasteiger partial charge in [0.05, 0.1) is 25.8 Å². The Hall–Kier alpha value is -2.07. The largest absolute Gasteiger partial charge is 0.487 e. The molecule has 1 fully saturated rings. The molecule has 2 amide bonds. The van der Waals surface area contributed by atoms with Crippen LogP contribution >= 0.6 is 68.5 Å². The van der Waals surface area contributed by atoms with E-state index in [4.69, 9.17) is 16.3 Å². The van der Waals surface area contributed by atoms with Gasteiger partial charge >= 0.3 is 0 Å². The second kappa shape index (κ2) is 10.5. The number of carbonyl (C=O) groups is 2. The number of rotatable bonds is 5. The predicted molar refractivity (Wildman–Crippen MR) is 147 cm³/mol. The van der Waals surface area contributed by atoms with Gasteiger partial charge in [-0.3, -0.25) is 9.59 Å². The molecule has 3 aromatic rings. The molecule has 0 radical (unpaired) electrons. The maximum absolute atomic E-state index is 13.1. The average molecular weight is 699 g/mol. The van der Waals surface area contributed by atoms with Gasteiger partial charge in [0.1, 0.15) is 12.4 Å². The zero-order valence-electron chi connectivity index (χ0n) is 16.7. The van der Waals surface area contributed by atoms with Gasteiger partial charge < -0.3 is 4.74 Å². The van der Waals surface area contributed by atoms with E-state index in [0.717, 1.165) is 29.4 Å². The van der Waals surface area contributed by atoms with Crippen molar-refractivity contribution in [2.45, 2.75) is 6.61 Å². The molecule has 0 atom stereocenters. The van der Waals surface area contributed by atoms with E-state index >= 15 is 0 Å². The van der Waals surface area contributed by atoms with E-state index < -0.39 is 5.91 Å². The Labute approximate surface area is 227 Å². The SMILES string of the molecule is N#Cc1ccccc1COc1c(I)cc(I)cc1/C=C1/SC(=O)N(c2ccc(Cl)cc2)C1=O. The molecule has 0 aliphatic carbocycles. The number of amides is 2. The fraction of sp³-hybridized carbons (Fsp3) is 0.0417. The summed E-state index contributed by atoms with van der Waals surface area (Å²) in [6.07, 6.45) is 1.68. The fourth-order valence-corrected chi connectivity index (χ4v) is 6.17. The smallest absolute Gasteiger partial charge is 0.298 e. The summed E-state index contributed by atoms with van der Waals surface area (Å²) in [4.78, 5) is 27.1. The van der Waals surface area contributed by atoms with Crippen LogP contribution in [-0.2, 0) is 11.4 Å². The number of halogens is 3. The number of hydrogen-bond acceptors (Lipinski definition) is 5. The molecule has 164 valence electrons. The molecular weight excluding hydrogens is 686 g/mol. The molecule has 1 heterocycles. The van der Waals surface area contributed by atoms with Gasteiger partial charge in [-0.15, -0.1) is 0 Å². The Morgan fingerprint density at radius 2 is 1.82 bits per heavy atom. The van der Waals surface area contributed by atoms with Crippen molar-refractivity contribution in [1.29, 1.82) is 5.26 Å². The summed E-state index contributed by atoms with van der Waals surface area (Å²) in [5.74, 6) is 0.184. The Morgan fingerprint density at radius 3 is 2.55 bits per heavy atom. The highest BCUT2D eigenvalue weighted by Gasteiger charge is 2.36. The molecule has 0 bridgehead atoms. The summed E-state index contributed by atoms with van der Waals surface area (Å²) < 4.78 is 7.93. The lowest BCUT2D eigenvalue weighted by Crippen LogP contribution is -2.27. The molecule has 1 saturated heterocycles. The number of thioether (sulfide) groups is 1. The lowest BCUT2D eigenvalue weighted by Gasteiger charge is -2.14. The van der Waals surface area contributed by atoms with Crippen molar-refractivity contribution in [3.8, 4) is 11.8 Å². The first-order chi connectivity index (χ1) is 15.9. The first kappa shape index (κ1) is 24.1. The number of nitrogens with zero attached hydrogens (tertiary/aromatic N) is 2. The number of imide groups is 1. The molecule has 3 aromatic carbocycles. The van der Waals surface area contributed by atoms with Crippen molar-refractivity contribution in [2.24, 2.45) is 0 Å². The van der Waals surface area contributed by atoms with Crippen molar-refractivity contribution in [3.05, 3.63) is 94.4 Å². The lowest BCUT2D eigenvalue weighted by atomic mass is 10.1. The Bertz CT molecular complexity index is 1340. The van der Waals surface area contributed by atoms with E-state index in [1.807, 2.05) is 24.3 Å². The minimum Gasteiger partial charge on any atom is -0.487 e. The van der Waals surface area contributed by atoms with Gasteiger partial charge in [-0.2, -0.15) is 5.26 Å². The fourth-order valence-electron chi connectivity index (χ4n) is 3.17. The van der Waals surface area contributed by atoms with E-state index in [1.165, 1.54) is 0 Å². The quantitative estimate of drug-likeness (QED) is 0.208. The van der Waals surface area contributed by atoms with Gasteiger partial charge in [-0.25, -0.2) is 4.90 Å². The van der Waals surface area contributed by atoms with Crippen LogP contribution < -0.4 is 9.64 Å². The summed E-state index contributed by atoms with van der Waals surface area (Å²) in [6.45, 7) is 0.202. The second-order valence-electron chi connectivity index (χ2n) is 6.86. The molecule has 9 heteroatoms. The van der Waals surface area contributed by atoms with Crippen LogP contribution in [0.3, 0.4) is 0 Å². The van der Waals surface area contributed by atoms with Crippen LogP contribution in [0.5, 0.6) is 5.75 Å². The number of nitriles is 1. The minimum atomic E-state index is -0.401. The first-order valence-electron chi connectivity index (χ1n) is 9.50. The molecule has 0 unspecified atom stereocenters. The van der Waals surface area contributed by atoms with E-state index in [-0.39, 0.29) is 11.8 Å². The van der Waals surface area contributed by atoms with E-state index in [9.17, 15) is 14.9 Å². The molecule has 0 aromatic heterocycles. The molecule has 5 nitrogen and oxygen atoms in total. The second-order valence-corrected chi connectivity index (χ2v) is 10.7. The van der Waals surface area contributed by atoms with Gasteiger partial charge in [0, 0.05) is 19.7 Å². The van der Waals surface area contributed by atoms with Crippen LogP contribution in [0.4, 0.5) is 10.5 Å². The van der Waals surface area contributed by atoms with Gasteiger partial charge in [0.15, 0.2) is 0 Å². The summed E-state index contributed by atoms with van der Waals surface area (Å²) in [6, 6.07) is 19.8. The average Bonchev–Trinajstić information content (AvgIpc) is 3.06. The first-order valence-corrected chi connectivity index (χ1v) is 12.9. The summed E-state index contributed by atoms with van der Waals surface area (Å²) >= 11 is 11.2. The number of ether oxygens (including phenoxy) is 1. The zero-order chi connectivity index (χ0) is 23.5. The normalized spacial score (nSPS) is 14.6. The van der Waals surface area contributed by atoms with Crippen molar-refractivity contribution in [1.82, 2.24) is 0 Å². The molecule has 1 aliphatic heterocycles. The maximum Gasteiger partial charge on any atom is 0.298 e. The Morgan fingerprint density at radius 1 is 1.09 bits per heavy atom. The van der Waals surface area contributed by atoms with Crippen LogP contribution in [0.15, 0.2) is 65.6 Å². The van der Waals surface area contributed by atoms with Crippen molar-refractivity contribution < 1.29 is 14.3 Å². The number of hydrogen-bond donors (Lipinski definition) is 0. The third-order valence-corrected chi connectivity index (χ3v) is 7.26. The van der Waals surface area contributed by atoms with Crippen LogP contribution in [0.25, 0.3) is 6.08 Å². The molecule has 0 spiro atoms. The van der Waals surface area contributed by atoms with Gasteiger partial charge in [-0.05, 0) is 105 Å². The molecule has 0 N–H and O–H groups in total. The summed E-state index contributed by atoms with van der Waals surface area (Å²) in [7, 11) is 0. The number of benzene rings is 3. The highest BCUT2D eigenvalue weighted by atomic mass is 127. The third-order valence-electron chi connectivity index (χ3n) is 4.71. The van der Waals surface area contributed by atoms with E-state index in [2.05, 4.69) is 51.3 Å². The molecule has 0 saturated carbocycles. The standard InChI is InChI=1S/C24H13ClI2N2O3S/c25-17-5-7-19(8-6-17)29-23(30)21(33-24(29)31)10-16-9-18(26)11-20(27)22(16)32-13-15-4-2-1-3-14(15)12-28/h1-11H,13H2/b21-10+. The topological polar surface area (TPSA) is 70.4 Å². The molecular formula is C24H13ClI2N2O3S. The van der Waals surface area contributed by atoms with Gasteiger partial charge in [0.2, 0.25) is 0 Å². The molecule has 1 aliphatic rings. The van der Waals surface area contributed by atoms with Crippen molar-refractivity contribution in [2.75, 3.05) is 4.90 Å². The zero-order valence-corrected chi connectivity index (χ0v) is 22.6. The summed E-state index contributed by atoms with van der Waals surface area (Å²) in [5, 5.41) is 9.48. The number of anilines is 1. The Balaban J connectivity index is 1.66. The number of carbonyl (C=O) groups excluding carboxylic acids is 2. The Kier molecular flexibility index (Phi) is 7.63. The highest BCUT2D eigenvalue weighted by Crippen LogP contribution is 2.38. The van der Waals surface area contributed by atoms with Crippen LogP contribution in [0.2, 0.25) is 5.02 Å². The highest BCUT2D eigenvalue weighted by molar-refractivity contribution is 14.1. The lowest BCUT2D eigenvalue weighted by molar-refractivity contribution is -0.113.